The highest BCUT2D eigenvalue weighted by molar-refractivity contribution is 7.80. The van der Waals surface area contributed by atoms with Crippen LogP contribution in [0.1, 0.15) is 5.56 Å². The molecule has 74 valence electrons. The number of halogens is 1. The maximum absolute atomic E-state index is 10.6. The second-order valence-electron chi connectivity index (χ2n) is 2.55. The van der Waals surface area contributed by atoms with Crippen LogP contribution in [0.3, 0.4) is 0 Å². The van der Waals surface area contributed by atoms with Crippen molar-refractivity contribution in [2.45, 2.75) is 0 Å². The van der Waals surface area contributed by atoms with Gasteiger partial charge < -0.3 is 0 Å². The van der Waals surface area contributed by atoms with Crippen molar-refractivity contribution < 1.29 is 4.92 Å². The molecule has 0 N–H and O–H groups in total. The minimum Gasteiger partial charge on any atom is -0.258 e. The van der Waals surface area contributed by atoms with Crippen molar-refractivity contribution in [3.05, 3.63) is 45.0 Å². The van der Waals surface area contributed by atoms with Crippen molar-refractivity contribution >= 4 is 36.0 Å². The number of nitro groups is 1. The van der Waals surface area contributed by atoms with Gasteiger partial charge in [0.15, 0.2) is 0 Å². The number of hydrogen-bond acceptors (Lipinski definition) is 3. The maximum atomic E-state index is 10.6. The molecule has 0 heterocycles. The zero-order chi connectivity index (χ0) is 10.6. The summed E-state index contributed by atoms with van der Waals surface area (Å²) in [7, 11) is 0. The average molecular weight is 230 g/mol. The van der Waals surface area contributed by atoms with E-state index in [1.807, 2.05) is 0 Å². The van der Waals surface area contributed by atoms with Gasteiger partial charge in [-0.3, -0.25) is 10.1 Å². The van der Waals surface area contributed by atoms with E-state index in [9.17, 15) is 10.1 Å². The molecule has 0 aliphatic carbocycles. The van der Waals surface area contributed by atoms with Gasteiger partial charge in [-0.05, 0) is 12.1 Å². The van der Waals surface area contributed by atoms with E-state index in [1.54, 1.807) is 24.3 Å². The van der Waals surface area contributed by atoms with Crippen LogP contribution in [-0.4, -0.2) is 10.7 Å². The Morgan fingerprint density at radius 3 is 2.86 bits per heavy atom. The first kappa shape index (κ1) is 11.1. The van der Waals surface area contributed by atoms with Crippen molar-refractivity contribution in [3.8, 4) is 0 Å². The largest absolute Gasteiger partial charge is 0.278 e. The monoisotopic (exact) mass is 229 g/mol. The Hall–Kier alpha value is -1.00. The number of nitrogens with zero attached hydrogens (tertiary/aromatic N) is 1. The summed E-state index contributed by atoms with van der Waals surface area (Å²) in [5.41, 5.74) is 0.545. The highest BCUT2D eigenvalue weighted by atomic mass is 35.5. The van der Waals surface area contributed by atoms with Gasteiger partial charge in [0.2, 0.25) is 0 Å². The molecule has 0 saturated heterocycles. The fourth-order valence-corrected chi connectivity index (χ4v) is 1.27. The fourth-order valence-electron chi connectivity index (χ4n) is 0.996. The van der Waals surface area contributed by atoms with E-state index < -0.39 is 4.92 Å². The molecule has 1 aromatic carbocycles. The molecule has 0 atom stereocenters. The molecule has 1 rings (SSSR count). The molecule has 5 heteroatoms. The van der Waals surface area contributed by atoms with E-state index >= 15 is 0 Å². The molecule has 14 heavy (non-hydrogen) atoms. The number of rotatable bonds is 3. The SMILES string of the molecule is O=[N+]([O-])c1cc(Cl)ccc1C=CCS. The van der Waals surface area contributed by atoms with Crippen molar-refractivity contribution in [3.63, 3.8) is 0 Å². The molecule has 0 spiro atoms. The number of thiol groups is 1. The van der Waals surface area contributed by atoms with Gasteiger partial charge in [-0.25, -0.2) is 0 Å². The third-order valence-corrected chi connectivity index (χ3v) is 2.04. The zero-order valence-electron chi connectivity index (χ0n) is 7.18. The summed E-state index contributed by atoms with van der Waals surface area (Å²) in [6.07, 6.45) is 3.39. The third kappa shape index (κ3) is 2.75. The summed E-state index contributed by atoms with van der Waals surface area (Å²) in [5, 5.41) is 11.0. The minimum absolute atomic E-state index is 0.00975. The molecular formula is C9H8ClNO2S. The molecule has 0 radical (unpaired) electrons. The molecule has 0 amide bonds. The van der Waals surface area contributed by atoms with Gasteiger partial charge in [0, 0.05) is 16.8 Å². The van der Waals surface area contributed by atoms with Gasteiger partial charge in [0.05, 0.1) is 10.5 Å². The molecule has 0 bridgehead atoms. The van der Waals surface area contributed by atoms with Gasteiger partial charge in [-0.15, -0.1) is 0 Å². The van der Waals surface area contributed by atoms with Crippen molar-refractivity contribution in [2.24, 2.45) is 0 Å². The van der Waals surface area contributed by atoms with E-state index in [0.717, 1.165) is 0 Å². The average Bonchev–Trinajstić information content (AvgIpc) is 2.15. The maximum Gasteiger partial charge on any atom is 0.278 e. The van der Waals surface area contributed by atoms with E-state index in [0.29, 0.717) is 16.3 Å². The van der Waals surface area contributed by atoms with E-state index in [-0.39, 0.29) is 5.69 Å². The van der Waals surface area contributed by atoms with Crippen molar-refractivity contribution in [2.75, 3.05) is 5.75 Å². The Balaban J connectivity index is 3.15. The van der Waals surface area contributed by atoms with Crippen LogP contribution in [0.25, 0.3) is 6.08 Å². The second kappa shape index (κ2) is 5.02. The molecule has 0 saturated carbocycles. The van der Waals surface area contributed by atoms with Gasteiger partial charge in [0.1, 0.15) is 0 Å². The second-order valence-corrected chi connectivity index (χ2v) is 3.35. The highest BCUT2D eigenvalue weighted by Gasteiger charge is 2.11. The van der Waals surface area contributed by atoms with Crippen molar-refractivity contribution in [1.29, 1.82) is 0 Å². The smallest absolute Gasteiger partial charge is 0.258 e. The summed E-state index contributed by atoms with van der Waals surface area (Å²) in [6, 6.07) is 4.56. The van der Waals surface area contributed by atoms with Crippen LogP contribution in [-0.2, 0) is 0 Å². The predicted molar refractivity (Wildman–Crippen MR) is 61.0 cm³/mol. The summed E-state index contributed by atoms with van der Waals surface area (Å²) in [4.78, 5) is 10.2. The van der Waals surface area contributed by atoms with Crippen LogP contribution in [0.4, 0.5) is 5.69 Å². The zero-order valence-corrected chi connectivity index (χ0v) is 8.83. The van der Waals surface area contributed by atoms with Crippen LogP contribution >= 0.6 is 24.2 Å². The fraction of sp³-hybridized carbons (Fsp3) is 0.111. The lowest BCUT2D eigenvalue weighted by Gasteiger charge is -1.97. The molecule has 0 aliphatic rings. The Kier molecular flexibility index (Phi) is 3.98. The molecule has 0 fully saturated rings. The van der Waals surface area contributed by atoms with Crippen LogP contribution < -0.4 is 0 Å². The topological polar surface area (TPSA) is 43.1 Å². The number of benzene rings is 1. The van der Waals surface area contributed by atoms with Crippen LogP contribution in [0.5, 0.6) is 0 Å². The lowest BCUT2D eigenvalue weighted by molar-refractivity contribution is -0.385. The summed E-state index contributed by atoms with van der Waals surface area (Å²) >= 11 is 9.63. The lowest BCUT2D eigenvalue weighted by Crippen LogP contribution is -1.91. The van der Waals surface area contributed by atoms with Crippen molar-refractivity contribution in [1.82, 2.24) is 0 Å². The Labute approximate surface area is 91.9 Å². The quantitative estimate of drug-likeness (QED) is 0.491. The van der Waals surface area contributed by atoms with Crippen LogP contribution in [0.2, 0.25) is 5.02 Å². The van der Waals surface area contributed by atoms with E-state index in [4.69, 9.17) is 11.6 Å². The van der Waals surface area contributed by atoms with Crippen LogP contribution in [0, 0.1) is 10.1 Å². The Morgan fingerprint density at radius 1 is 1.57 bits per heavy atom. The standard InChI is InChI=1S/C9H8ClNO2S/c10-8-4-3-7(2-1-5-14)9(6-8)11(12)13/h1-4,6,14H,5H2. The van der Waals surface area contributed by atoms with Gasteiger partial charge in [-0.1, -0.05) is 23.8 Å². The number of nitro benzene ring substituents is 1. The van der Waals surface area contributed by atoms with Crippen LogP contribution in [0.15, 0.2) is 24.3 Å². The summed E-state index contributed by atoms with van der Waals surface area (Å²) in [6.45, 7) is 0. The van der Waals surface area contributed by atoms with Gasteiger partial charge in [-0.2, -0.15) is 12.6 Å². The molecule has 3 nitrogen and oxygen atoms in total. The Bertz CT molecular complexity index is 379. The molecule has 1 aromatic rings. The third-order valence-electron chi connectivity index (χ3n) is 1.59. The van der Waals surface area contributed by atoms with E-state index in [1.165, 1.54) is 6.07 Å². The molecule has 0 aromatic heterocycles. The predicted octanol–water partition coefficient (Wildman–Crippen LogP) is 3.19. The first-order valence-corrected chi connectivity index (χ1v) is 4.87. The first-order chi connectivity index (χ1) is 6.65. The summed E-state index contributed by atoms with van der Waals surface area (Å²) in [5.74, 6) is 0.541. The molecule has 0 aliphatic heterocycles. The highest BCUT2D eigenvalue weighted by Crippen LogP contribution is 2.24. The van der Waals surface area contributed by atoms with Gasteiger partial charge >= 0.3 is 0 Å². The van der Waals surface area contributed by atoms with E-state index in [2.05, 4.69) is 12.6 Å². The Morgan fingerprint density at radius 2 is 2.29 bits per heavy atom. The molecular weight excluding hydrogens is 222 g/mol. The van der Waals surface area contributed by atoms with Gasteiger partial charge in [0.25, 0.3) is 5.69 Å². The minimum atomic E-state index is -0.454. The normalized spacial score (nSPS) is 10.7. The number of hydrogen-bond donors (Lipinski definition) is 1. The molecule has 0 unspecified atom stereocenters. The lowest BCUT2D eigenvalue weighted by atomic mass is 10.1. The summed E-state index contributed by atoms with van der Waals surface area (Å²) < 4.78 is 0. The first-order valence-electron chi connectivity index (χ1n) is 3.86.